The van der Waals surface area contributed by atoms with Gasteiger partial charge in [0.2, 0.25) is 0 Å². The highest BCUT2D eigenvalue weighted by molar-refractivity contribution is 7.10. The second-order valence-corrected chi connectivity index (χ2v) is 5.36. The van der Waals surface area contributed by atoms with E-state index in [1.807, 2.05) is 13.8 Å². The Bertz CT molecular complexity index is 577. The lowest BCUT2D eigenvalue weighted by atomic mass is 9.95. The van der Waals surface area contributed by atoms with Gasteiger partial charge < -0.3 is 5.73 Å². The summed E-state index contributed by atoms with van der Waals surface area (Å²) in [5.41, 5.74) is 6.38. The van der Waals surface area contributed by atoms with E-state index < -0.39 is 17.2 Å². The molecule has 2 rings (SSSR count). The second kappa shape index (κ2) is 5.35. The zero-order valence-electron chi connectivity index (χ0n) is 10.9. The third-order valence-electron chi connectivity index (χ3n) is 3.42. The first-order chi connectivity index (χ1) is 9.01. The van der Waals surface area contributed by atoms with E-state index in [0.29, 0.717) is 5.69 Å². The maximum Gasteiger partial charge on any atom is 0.168 e. The number of hydrogen-bond donors (Lipinski definition) is 1. The van der Waals surface area contributed by atoms with Gasteiger partial charge in [-0.2, -0.15) is 0 Å². The number of halogens is 2. The van der Waals surface area contributed by atoms with Gasteiger partial charge in [0.1, 0.15) is 5.01 Å². The minimum atomic E-state index is -0.866. The Hall–Kier alpha value is -1.33. The molecule has 5 heteroatoms. The molecule has 19 heavy (non-hydrogen) atoms. The Morgan fingerprint density at radius 2 is 1.95 bits per heavy atom. The second-order valence-electron chi connectivity index (χ2n) is 4.50. The monoisotopic (exact) mass is 282 g/mol. The fraction of sp³-hybridized carbons (Fsp3) is 0.357. The molecular weight excluding hydrogens is 266 g/mol. The predicted octanol–water partition coefficient (Wildman–Crippen LogP) is 4.06. The van der Waals surface area contributed by atoms with Crippen molar-refractivity contribution in [3.8, 4) is 11.3 Å². The van der Waals surface area contributed by atoms with E-state index in [0.717, 1.165) is 23.9 Å². The van der Waals surface area contributed by atoms with E-state index in [9.17, 15) is 8.78 Å². The molecule has 2 nitrogen and oxygen atoms in total. The SMILES string of the molecule is CCC(N)(CC)c1nc(-c2cccc(F)c2F)cs1. The zero-order chi connectivity index (χ0) is 14.0. The first-order valence-corrected chi connectivity index (χ1v) is 7.09. The van der Waals surface area contributed by atoms with E-state index in [1.165, 1.54) is 23.5 Å². The summed E-state index contributed by atoms with van der Waals surface area (Å²) in [7, 11) is 0. The number of benzene rings is 1. The molecule has 0 amide bonds. The number of nitrogens with two attached hydrogens (primary N) is 1. The molecule has 0 fully saturated rings. The van der Waals surface area contributed by atoms with Gasteiger partial charge in [-0.15, -0.1) is 11.3 Å². The van der Waals surface area contributed by atoms with Gasteiger partial charge in [-0.3, -0.25) is 0 Å². The highest BCUT2D eigenvalue weighted by Crippen LogP contribution is 2.32. The summed E-state index contributed by atoms with van der Waals surface area (Å²) in [6.45, 7) is 3.99. The van der Waals surface area contributed by atoms with Gasteiger partial charge in [0.05, 0.1) is 11.2 Å². The first kappa shape index (κ1) is 14.1. The quantitative estimate of drug-likeness (QED) is 0.918. The topological polar surface area (TPSA) is 38.9 Å². The maximum atomic E-state index is 13.7. The average Bonchev–Trinajstić information content (AvgIpc) is 2.91. The van der Waals surface area contributed by atoms with Crippen molar-refractivity contribution in [1.82, 2.24) is 4.98 Å². The van der Waals surface area contributed by atoms with Crippen molar-refractivity contribution >= 4 is 11.3 Å². The molecule has 0 unspecified atom stereocenters. The molecule has 0 radical (unpaired) electrons. The normalized spacial score (nSPS) is 11.8. The highest BCUT2D eigenvalue weighted by Gasteiger charge is 2.27. The van der Waals surface area contributed by atoms with E-state index in [4.69, 9.17) is 5.73 Å². The maximum absolute atomic E-state index is 13.7. The summed E-state index contributed by atoms with van der Waals surface area (Å²) >= 11 is 1.39. The summed E-state index contributed by atoms with van der Waals surface area (Å²) in [5, 5.41) is 2.48. The molecule has 1 aromatic carbocycles. The van der Waals surface area contributed by atoms with Gasteiger partial charge in [-0.1, -0.05) is 19.9 Å². The predicted molar refractivity (Wildman–Crippen MR) is 73.9 cm³/mol. The largest absolute Gasteiger partial charge is 0.319 e. The van der Waals surface area contributed by atoms with E-state index in [1.54, 1.807) is 5.38 Å². The lowest BCUT2D eigenvalue weighted by Crippen LogP contribution is -2.34. The minimum Gasteiger partial charge on any atom is -0.319 e. The van der Waals surface area contributed by atoms with Gasteiger partial charge in [0, 0.05) is 10.9 Å². The summed E-state index contributed by atoms with van der Waals surface area (Å²) < 4.78 is 26.9. The average molecular weight is 282 g/mol. The molecular formula is C14H16F2N2S. The van der Waals surface area contributed by atoms with Gasteiger partial charge >= 0.3 is 0 Å². The number of hydrogen-bond acceptors (Lipinski definition) is 3. The Labute approximate surface area is 115 Å². The van der Waals surface area contributed by atoms with Gasteiger partial charge in [-0.25, -0.2) is 13.8 Å². The van der Waals surface area contributed by atoms with Crippen LogP contribution in [-0.2, 0) is 5.54 Å². The standard InChI is InChI=1S/C14H16F2N2S/c1-3-14(17,4-2)13-18-11(8-19-13)9-6-5-7-10(15)12(9)16/h5-8H,3-4,17H2,1-2H3. The zero-order valence-corrected chi connectivity index (χ0v) is 11.7. The highest BCUT2D eigenvalue weighted by atomic mass is 32.1. The van der Waals surface area contributed by atoms with Gasteiger partial charge in [0.25, 0.3) is 0 Å². The van der Waals surface area contributed by atoms with Gasteiger partial charge in [-0.05, 0) is 25.0 Å². The fourth-order valence-corrected chi connectivity index (χ4v) is 2.96. The van der Waals surface area contributed by atoms with Crippen molar-refractivity contribution in [2.75, 3.05) is 0 Å². The smallest absolute Gasteiger partial charge is 0.168 e. The van der Waals surface area contributed by atoms with Crippen LogP contribution in [0.4, 0.5) is 8.78 Å². The molecule has 2 aromatic rings. The van der Waals surface area contributed by atoms with Crippen molar-refractivity contribution in [2.24, 2.45) is 5.73 Å². The Kier molecular flexibility index (Phi) is 3.96. The molecule has 1 heterocycles. The van der Waals surface area contributed by atoms with Crippen LogP contribution in [-0.4, -0.2) is 4.98 Å². The molecule has 0 spiro atoms. The van der Waals surface area contributed by atoms with Gasteiger partial charge in [0.15, 0.2) is 11.6 Å². The van der Waals surface area contributed by atoms with Crippen LogP contribution in [0.3, 0.4) is 0 Å². The van der Waals surface area contributed by atoms with Crippen LogP contribution in [0.15, 0.2) is 23.6 Å². The Morgan fingerprint density at radius 1 is 1.26 bits per heavy atom. The Balaban J connectivity index is 2.44. The molecule has 2 N–H and O–H groups in total. The number of rotatable bonds is 4. The molecule has 0 aliphatic carbocycles. The van der Waals surface area contributed by atoms with Crippen molar-refractivity contribution in [1.29, 1.82) is 0 Å². The van der Waals surface area contributed by atoms with Crippen LogP contribution in [0, 0.1) is 11.6 Å². The van der Waals surface area contributed by atoms with Crippen molar-refractivity contribution in [3.05, 3.63) is 40.2 Å². The number of thiazole rings is 1. The molecule has 0 atom stereocenters. The minimum absolute atomic E-state index is 0.178. The van der Waals surface area contributed by atoms with Crippen LogP contribution in [0.5, 0.6) is 0 Å². The van der Waals surface area contributed by atoms with Crippen LogP contribution >= 0.6 is 11.3 Å². The van der Waals surface area contributed by atoms with Crippen LogP contribution in [0.2, 0.25) is 0 Å². The van der Waals surface area contributed by atoms with E-state index in [2.05, 4.69) is 4.98 Å². The lowest BCUT2D eigenvalue weighted by Gasteiger charge is -2.23. The molecule has 0 saturated heterocycles. The fourth-order valence-electron chi connectivity index (χ4n) is 1.88. The Morgan fingerprint density at radius 3 is 2.58 bits per heavy atom. The van der Waals surface area contributed by atoms with E-state index in [-0.39, 0.29) is 5.56 Å². The molecule has 102 valence electrons. The molecule has 0 bridgehead atoms. The summed E-state index contributed by atoms with van der Waals surface area (Å²) in [5.74, 6) is -1.73. The lowest BCUT2D eigenvalue weighted by molar-refractivity contribution is 0.411. The third kappa shape index (κ3) is 2.53. The van der Waals surface area contributed by atoms with Crippen LogP contribution in [0.1, 0.15) is 31.7 Å². The van der Waals surface area contributed by atoms with Crippen molar-refractivity contribution in [2.45, 2.75) is 32.2 Å². The summed E-state index contributed by atoms with van der Waals surface area (Å²) in [6, 6.07) is 4.09. The van der Waals surface area contributed by atoms with Crippen molar-refractivity contribution < 1.29 is 8.78 Å². The summed E-state index contributed by atoms with van der Waals surface area (Å²) in [6.07, 6.45) is 1.50. The van der Waals surface area contributed by atoms with Crippen LogP contribution in [0.25, 0.3) is 11.3 Å². The third-order valence-corrected chi connectivity index (χ3v) is 4.48. The number of aromatic nitrogens is 1. The summed E-state index contributed by atoms with van der Waals surface area (Å²) in [4.78, 5) is 4.38. The van der Waals surface area contributed by atoms with Crippen molar-refractivity contribution in [3.63, 3.8) is 0 Å². The molecule has 1 aromatic heterocycles. The van der Waals surface area contributed by atoms with Crippen LogP contribution < -0.4 is 5.73 Å². The number of nitrogens with zero attached hydrogens (tertiary/aromatic N) is 1. The molecule has 0 aliphatic rings. The van der Waals surface area contributed by atoms with E-state index >= 15 is 0 Å². The molecule has 0 saturated carbocycles. The first-order valence-electron chi connectivity index (χ1n) is 6.21. The molecule has 0 aliphatic heterocycles.